The summed E-state index contributed by atoms with van der Waals surface area (Å²) in [5, 5.41) is 3.66. The topological polar surface area (TPSA) is 33.5 Å². The van der Waals surface area contributed by atoms with Gasteiger partial charge in [-0.25, -0.2) is 4.58 Å². The highest BCUT2D eigenvalue weighted by atomic mass is 16.5. The molecule has 0 saturated carbocycles. The lowest BCUT2D eigenvalue weighted by Crippen LogP contribution is -2.38. The summed E-state index contributed by atoms with van der Waals surface area (Å²) < 4.78 is 13.5. The van der Waals surface area contributed by atoms with Gasteiger partial charge in [-0.05, 0) is 48.9 Å². The second-order valence-electron chi connectivity index (χ2n) is 6.41. The second-order valence-corrected chi connectivity index (χ2v) is 6.41. The third kappa shape index (κ3) is 2.29. The Morgan fingerprint density at radius 2 is 1.88 bits per heavy atom. The molecule has 0 radical (unpaired) electrons. The van der Waals surface area contributed by atoms with Gasteiger partial charge in [0.1, 0.15) is 18.0 Å². The number of benzene rings is 2. The summed E-state index contributed by atoms with van der Waals surface area (Å²) in [7, 11) is 3.45. The molecule has 0 amide bonds. The number of rotatable bonds is 3. The first kappa shape index (κ1) is 15.2. The molecule has 1 atom stereocenters. The predicted molar refractivity (Wildman–Crippen MR) is 94.4 cm³/mol. The van der Waals surface area contributed by atoms with Gasteiger partial charge in [-0.2, -0.15) is 0 Å². The minimum absolute atomic E-state index is 0.236. The van der Waals surface area contributed by atoms with E-state index in [0.717, 1.165) is 31.0 Å². The van der Waals surface area contributed by atoms with Crippen LogP contribution in [0.1, 0.15) is 34.8 Å². The zero-order valence-electron chi connectivity index (χ0n) is 14.4. The Morgan fingerprint density at radius 1 is 1.08 bits per heavy atom. The van der Waals surface area contributed by atoms with Crippen LogP contribution in [-0.2, 0) is 0 Å². The smallest absolute Gasteiger partial charge is 0.234 e. The average molecular weight is 323 g/mol. The lowest BCUT2D eigenvalue weighted by Gasteiger charge is -2.19. The number of ether oxygens (including phenoxy) is 2. The van der Waals surface area contributed by atoms with Gasteiger partial charge in [0, 0.05) is 18.5 Å². The Hall–Kier alpha value is -2.33. The van der Waals surface area contributed by atoms with Gasteiger partial charge >= 0.3 is 0 Å². The average Bonchev–Trinajstić information content (AvgIpc) is 2.95. The fourth-order valence-electron chi connectivity index (χ4n) is 3.86. The van der Waals surface area contributed by atoms with E-state index in [2.05, 4.69) is 41.1 Å². The molecule has 0 bridgehead atoms. The minimum Gasteiger partial charge on any atom is -0.497 e. The van der Waals surface area contributed by atoms with Crippen LogP contribution in [0.2, 0.25) is 0 Å². The van der Waals surface area contributed by atoms with E-state index in [0.29, 0.717) is 0 Å². The minimum atomic E-state index is 0.236. The molecule has 4 rings (SSSR count). The van der Waals surface area contributed by atoms with Crippen molar-refractivity contribution in [2.24, 2.45) is 0 Å². The van der Waals surface area contributed by atoms with E-state index in [4.69, 9.17) is 9.47 Å². The van der Waals surface area contributed by atoms with Crippen molar-refractivity contribution in [2.75, 3.05) is 27.3 Å². The summed E-state index contributed by atoms with van der Waals surface area (Å²) in [5.41, 5.74) is 6.21. The monoisotopic (exact) mass is 323 g/mol. The number of hydrogen-bond acceptors (Lipinski definition) is 3. The van der Waals surface area contributed by atoms with E-state index < -0.39 is 0 Å². The van der Waals surface area contributed by atoms with Crippen LogP contribution in [0.25, 0.3) is 0 Å². The quantitative estimate of drug-likeness (QED) is 0.882. The van der Waals surface area contributed by atoms with Crippen LogP contribution in [0.4, 0.5) is 0 Å². The molecule has 1 fully saturated rings. The molecule has 0 spiro atoms. The lowest BCUT2D eigenvalue weighted by atomic mass is 9.96. The number of methoxy groups -OCH3 is 2. The molecule has 4 heteroatoms. The second kappa shape index (κ2) is 5.95. The van der Waals surface area contributed by atoms with Crippen molar-refractivity contribution < 1.29 is 14.0 Å². The van der Waals surface area contributed by atoms with Crippen molar-refractivity contribution in [3.8, 4) is 11.5 Å². The van der Waals surface area contributed by atoms with Gasteiger partial charge in [-0.1, -0.05) is 0 Å². The molecule has 1 unspecified atom stereocenters. The summed E-state index contributed by atoms with van der Waals surface area (Å²) in [6.45, 7) is 4.23. The van der Waals surface area contributed by atoms with Crippen molar-refractivity contribution in [3.05, 3.63) is 58.7 Å². The van der Waals surface area contributed by atoms with Crippen LogP contribution in [0.5, 0.6) is 11.5 Å². The molecule has 0 aromatic heterocycles. The van der Waals surface area contributed by atoms with Gasteiger partial charge < -0.3 is 9.47 Å². The summed E-state index contributed by atoms with van der Waals surface area (Å²) >= 11 is 0. The van der Waals surface area contributed by atoms with Gasteiger partial charge in [0.05, 0.1) is 25.3 Å². The molecule has 2 aliphatic rings. The van der Waals surface area contributed by atoms with Crippen molar-refractivity contribution in [1.82, 2.24) is 5.32 Å². The van der Waals surface area contributed by atoms with E-state index in [1.807, 2.05) is 12.1 Å². The van der Waals surface area contributed by atoms with E-state index in [9.17, 15) is 0 Å². The number of nitrogens with zero attached hydrogens (tertiary/aromatic N) is 1. The van der Waals surface area contributed by atoms with Crippen LogP contribution in [0, 0.1) is 6.92 Å². The first-order valence-corrected chi connectivity index (χ1v) is 8.43. The van der Waals surface area contributed by atoms with Gasteiger partial charge in [0.2, 0.25) is 11.9 Å². The standard InChI is InChI=1S/C20H23N2O2/c1-13-11-16-18(17(12-13)24-3)19(22-10-4-9-21-20(16)22)14-5-7-15(23-2)8-6-14/h5-8,11-12,20-21H,4,9-10H2,1-3H3/q+1. The molecule has 124 valence electrons. The molecule has 24 heavy (non-hydrogen) atoms. The maximum atomic E-state index is 5.74. The van der Waals surface area contributed by atoms with E-state index in [-0.39, 0.29) is 6.17 Å². The fourth-order valence-corrected chi connectivity index (χ4v) is 3.86. The highest BCUT2D eigenvalue weighted by molar-refractivity contribution is 6.13. The largest absolute Gasteiger partial charge is 0.497 e. The highest BCUT2D eigenvalue weighted by Gasteiger charge is 2.42. The number of nitrogens with one attached hydrogen (secondary N) is 1. The van der Waals surface area contributed by atoms with E-state index >= 15 is 0 Å². The molecular weight excluding hydrogens is 300 g/mol. The molecule has 4 nitrogen and oxygen atoms in total. The van der Waals surface area contributed by atoms with Crippen molar-refractivity contribution in [1.29, 1.82) is 0 Å². The van der Waals surface area contributed by atoms with E-state index in [1.165, 1.54) is 28.0 Å². The predicted octanol–water partition coefficient (Wildman–Crippen LogP) is 2.87. The highest BCUT2D eigenvalue weighted by Crippen LogP contribution is 2.38. The number of hydrogen-bond donors (Lipinski definition) is 1. The summed E-state index contributed by atoms with van der Waals surface area (Å²) in [5.74, 6) is 1.83. The van der Waals surface area contributed by atoms with E-state index in [1.54, 1.807) is 14.2 Å². The van der Waals surface area contributed by atoms with Crippen LogP contribution < -0.4 is 14.8 Å². The Morgan fingerprint density at radius 3 is 2.58 bits per heavy atom. The Balaban J connectivity index is 1.94. The van der Waals surface area contributed by atoms with Gasteiger partial charge in [0.15, 0.2) is 0 Å². The van der Waals surface area contributed by atoms with Gasteiger partial charge in [0.25, 0.3) is 0 Å². The molecule has 0 aliphatic carbocycles. The zero-order valence-corrected chi connectivity index (χ0v) is 14.4. The summed E-state index contributed by atoms with van der Waals surface area (Å²) in [4.78, 5) is 0. The third-order valence-corrected chi connectivity index (χ3v) is 4.90. The summed E-state index contributed by atoms with van der Waals surface area (Å²) in [6.07, 6.45) is 1.38. The van der Waals surface area contributed by atoms with Crippen LogP contribution in [0.15, 0.2) is 36.4 Å². The van der Waals surface area contributed by atoms with Crippen molar-refractivity contribution >= 4 is 5.71 Å². The Kier molecular flexibility index (Phi) is 3.77. The van der Waals surface area contributed by atoms with Crippen molar-refractivity contribution in [2.45, 2.75) is 19.5 Å². The molecular formula is C20H23N2O2+. The summed E-state index contributed by atoms with van der Waals surface area (Å²) in [6, 6.07) is 12.7. The van der Waals surface area contributed by atoms with Crippen molar-refractivity contribution in [3.63, 3.8) is 0 Å². The molecule has 1 N–H and O–H groups in total. The first-order valence-electron chi connectivity index (χ1n) is 8.43. The molecule has 2 aromatic carbocycles. The maximum absolute atomic E-state index is 5.74. The number of aryl methyl sites for hydroxylation is 1. The fraction of sp³-hybridized carbons (Fsp3) is 0.350. The van der Waals surface area contributed by atoms with Crippen LogP contribution in [0.3, 0.4) is 0 Å². The maximum Gasteiger partial charge on any atom is 0.234 e. The molecule has 2 heterocycles. The van der Waals surface area contributed by atoms with Crippen LogP contribution in [-0.4, -0.2) is 37.6 Å². The Labute approximate surface area is 142 Å². The lowest BCUT2D eigenvalue weighted by molar-refractivity contribution is -0.582. The Bertz CT molecular complexity index is 809. The zero-order chi connectivity index (χ0) is 16.7. The third-order valence-electron chi connectivity index (χ3n) is 4.90. The molecule has 2 aliphatic heterocycles. The van der Waals surface area contributed by atoms with Gasteiger partial charge in [-0.15, -0.1) is 0 Å². The normalized spacial score (nSPS) is 19.0. The first-order chi connectivity index (χ1) is 11.7. The molecule has 2 aromatic rings. The van der Waals surface area contributed by atoms with Gasteiger partial charge in [-0.3, -0.25) is 5.32 Å². The number of fused-ring (bicyclic) bond motifs is 3. The molecule has 1 saturated heterocycles. The van der Waals surface area contributed by atoms with Crippen LogP contribution >= 0.6 is 0 Å². The SMILES string of the molecule is COc1ccc(C2=[N+]3CCCNC3c3cc(C)cc(OC)c32)cc1.